The van der Waals surface area contributed by atoms with Gasteiger partial charge in [0.25, 0.3) is 0 Å². The van der Waals surface area contributed by atoms with Crippen LogP contribution in [0.3, 0.4) is 0 Å². The van der Waals surface area contributed by atoms with E-state index in [4.69, 9.17) is 4.74 Å². The summed E-state index contributed by atoms with van der Waals surface area (Å²) in [6.07, 6.45) is 0.787. The van der Waals surface area contributed by atoms with Crippen LogP contribution in [0.1, 0.15) is 17.3 Å². The summed E-state index contributed by atoms with van der Waals surface area (Å²) in [7, 11) is -4.06. The molecule has 0 fully saturated rings. The monoisotopic (exact) mass is 412 g/mol. The van der Waals surface area contributed by atoms with Crippen LogP contribution < -0.4 is 9.62 Å². The number of para-hydroxylation sites is 1. The molecule has 0 aliphatic carbocycles. The Labute approximate surface area is 161 Å². The van der Waals surface area contributed by atoms with Crippen LogP contribution in [-0.4, -0.2) is 39.7 Å². The van der Waals surface area contributed by atoms with E-state index in [1.165, 1.54) is 12.1 Å². The molecule has 0 bridgehead atoms. The van der Waals surface area contributed by atoms with Gasteiger partial charge in [0.2, 0.25) is 15.9 Å². The maximum Gasteiger partial charge on any atom is 0.340 e. The third-order valence-electron chi connectivity index (χ3n) is 3.56. The van der Waals surface area contributed by atoms with E-state index in [1.807, 2.05) is 0 Å². The minimum Gasteiger partial charge on any atom is -0.462 e. The molecule has 28 heavy (non-hydrogen) atoms. The van der Waals surface area contributed by atoms with Crippen molar-refractivity contribution in [1.29, 1.82) is 0 Å². The van der Waals surface area contributed by atoms with Gasteiger partial charge in [0.15, 0.2) is 0 Å². The zero-order valence-corrected chi connectivity index (χ0v) is 15.9. The number of ether oxygens (including phenoxy) is 1. The molecule has 0 aromatic heterocycles. The van der Waals surface area contributed by atoms with Crippen molar-refractivity contribution in [3.63, 3.8) is 0 Å². The lowest BCUT2D eigenvalue weighted by Crippen LogP contribution is -2.38. The van der Waals surface area contributed by atoms with Crippen molar-refractivity contribution in [1.82, 2.24) is 0 Å². The predicted molar refractivity (Wildman–Crippen MR) is 99.6 cm³/mol. The molecule has 0 radical (unpaired) electrons. The average molecular weight is 412 g/mol. The lowest BCUT2D eigenvalue weighted by atomic mass is 10.2. The molecule has 1 N–H and O–H groups in total. The zero-order chi connectivity index (χ0) is 20.9. The van der Waals surface area contributed by atoms with Crippen molar-refractivity contribution in [3.8, 4) is 0 Å². The summed E-state index contributed by atoms with van der Waals surface area (Å²) >= 11 is 0. The van der Waals surface area contributed by atoms with Gasteiger partial charge in [-0.3, -0.25) is 9.10 Å². The van der Waals surface area contributed by atoms with Gasteiger partial charge >= 0.3 is 5.97 Å². The van der Waals surface area contributed by atoms with Crippen molar-refractivity contribution in [2.75, 3.05) is 29.0 Å². The van der Waals surface area contributed by atoms with Crippen LogP contribution in [0, 0.1) is 11.6 Å². The van der Waals surface area contributed by atoms with Gasteiger partial charge in [-0.2, -0.15) is 0 Å². The molecule has 2 aromatic carbocycles. The molecule has 0 atom stereocenters. The summed E-state index contributed by atoms with van der Waals surface area (Å²) in [5, 5.41) is 2.41. The van der Waals surface area contributed by atoms with Gasteiger partial charge in [-0.15, -0.1) is 0 Å². The fourth-order valence-electron chi connectivity index (χ4n) is 2.36. The lowest BCUT2D eigenvalue weighted by Gasteiger charge is -2.22. The van der Waals surface area contributed by atoms with E-state index in [0.29, 0.717) is 10.4 Å². The highest BCUT2D eigenvalue weighted by Crippen LogP contribution is 2.23. The summed E-state index contributed by atoms with van der Waals surface area (Å²) < 4.78 is 56.6. The molecule has 0 saturated heterocycles. The highest BCUT2D eigenvalue weighted by atomic mass is 32.2. The Morgan fingerprint density at radius 1 is 1.14 bits per heavy atom. The first-order valence-corrected chi connectivity index (χ1v) is 9.97. The number of benzene rings is 2. The van der Waals surface area contributed by atoms with Crippen molar-refractivity contribution < 1.29 is 31.5 Å². The van der Waals surface area contributed by atoms with Crippen molar-refractivity contribution in [3.05, 3.63) is 59.7 Å². The number of hydrogen-bond acceptors (Lipinski definition) is 5. The molecule has 0 heterocycles. The molecule has 7 nitrogen and oxygen atoms in total. The van der Waals surface area contributed by atoms with Crippen LogP contribution in [0.15, 0.2) is 42.5 Å². The molecule has 2 aromatic rings. The Bertz CT molecular complexity index is 995. The van der Waals surface area contributed by atoms with E-state index in [2.05, 4.69) is 5.32 Å². The average Bonchev–Trinajstić information content (AvgIpc) is 2.60. The number of anilines is 2. The number of hydrogen-bond donors (Lipinski definition) is 1. The molecule has 10 heteroatoms. The maximum absolute atomic E-state index is 14.0. The Hall–Kier alpha value is -3.01. The van der Waals surface area contributed by atoms with Gasteiger partial charge in [-0.25, -0.2) is 22.0 Å². The topological polar surface area (TPSA) is 92.8 Å². The Kier molecular flexibility index (Phi) is 6.68. The Balaban J connectivity index is 2.28. The fraction of sp³-hybridized carbons (Fsp3) is 0.222. The van der Waals surface area contributed by atoms with Crippen LogP contribution in [0.5, 0.6) is 0 Å². The second-order valence-electron chi connectivity index (χ2n) is 5.68. The third kappa shape index (κ3) is 5.26. The molecule has 150 valence electrons. The van der Waals surface area contributed by atoms with Crippen molar-refractivity contribution in [2.24, 2.45) is 0 Å². The van der Waals surface area contributed by atoms with E-state index >= 15 is 0 Å². The van der Waals surface area contributed by atoms with Crippen LogP contribution in [-0.2, 0) is 19.6 Å². The maximum atomic E-state index is 14.0. The molecule has 2 rings (SSSR count). The molecule has 0 spiro atoms. The zero-order valence-electron chi connectivity index (χ0n) is 15.1. The SMILES string of the molecule is CCOC(=O)c1ccccc1NC(=O)CN(c1ccc(F)cc1F)S(C)(=O)=O. The van der Waals surface area contributed by atoms with Crippen molar-refractivity contribution >= 4 is 33.3 Å². The standard InChI is InChI=1S/C18H18F2N2O5S/c1-3-27-18(24)13-6-4-5-7-15(13)21-17(23)11-22(28(2,25)26)16-9-8-12(19)10-14(16)20/h4-10H,3,11H2,1-2H3,(H,21,23). The summed E-state index contributed by atoms with van der Waals surface area (Å²) in [6.45, 7) is 0.978. The number of nitrogens with one attached hydrogen (secondary N) is 1. The van der Waals surface area contributed by atoms with E-state index in [0.717, 1.165) is 18.4 Å². The normalized spacial score (nSPS) is 11.0. The Morgan fingerprint density at radius 3 is 2.43 bits per heavy atom. The van der Waals surface area contributed by atoms with Gasteiger partial charge in [-0.05, 0) is 31.2 Å². The van der Waals surface area contributed by atoms with Gasteiger partial charge in [-0.1, -0.05) is 12.1 Å². The molecular formula is C18H18F2N2O5S. The number of rotatable bonds is 7. The second kappa shape index (κ2) is 8.79. The number of nitrogens with zero attached hydrogens (tertiary/aromatic N) is 1. The number of halogens is 2. The molecule has 0 unspecified atom stereocenters. The number of carbonyl (C=O) groups excluding carboxylic acids is 2. The third-order valence-corrected chi connectivity index (χ3v) is 4.69. The fourth-order valence-corrected chi connectivity index (χ4v) is 3.22. The highest BCUT2D eigenvalue weighted by Gasteiger charge is 2.25. The summed E-state index contributed by atoms with van der Waals surface area (Å²) in [5.41, 5.74) is -0.284. The quantitative estimate of drug-likeness (QED) is 0.706. The molecule has 0 aliphatic heterocycles. The van der Waals surface area contributed by atoms with E-state index in [-0.39, 0.29) is 17.9 Å². The molecule has 1 amide bonds. The first-order valence-electron chi connectivity index (χ1n) is 8.12. The van der Waals surface area contributed by atoms with Gasteiger partial charge in [0, 0.05) is 6.07 Å². The van der Waals surface area contributed by atoms with Gasteiger partial charge < -0.3 is 10.1 Å². The van der Waals surface area contributed by atoms with Crippen LogP contribution in [0.4, 0.5) is 20.2 Å². The predicted octanol–water partition coefficient (Wildman–Crippen LogP) is 2.55. The molecule has 0 aliphatic rings. The number of sulfonamides is 1. The first kappa shape index (κ1) is 21.3. The van der Waals surface area contributed by atoms with E-state index in [9.17, 15) is 26.8 Å². The van der Waals surface area contributed by atoms with E-state index < -0.39 is 45.8 Å². The van der Waals surface area contributed by atoms with Gasteiger partial charge in [0.1, 0.15) is 18.2 Å². The van der Waals surface area contributed by atoms with E-state index in [1.54, 1.807) is 19.1 Å². The minimum atomic E-state index is -4.06. The number of carbonyl (C=O) groups is 2. The Morgan fingerprint density at radius 2 is 1.82 bits per heavy atom. The summed E-state index contributed by atoms with van der Waals surface area (Å²) in [4.78, 5) is 24.3. The first-order chi connectivity index (χ1) is 13.1. The number of amides is 1. The largest absolute Gasteiger partial charge is 0.462 e. The van der Waals surface area contributed by atoms with Gasteiger partial charge in [0.05, 0.1) is 29.8 Å². The lowest BCUT2D eigenvalue weighted by molar-refractivity contribution is -0.114. The highest BCUT2D eigenvalue weighted by molar-refractivity contribution is 7.92. The van der Waals surface area contributed by atoms with Crippen molar-refractivity contribution in [2.45, 2.75) is 6.92 Å². The molecule has 0 saturated carbocycles. The van der Waals surface area contributed by atoms with Crippen LogP contribution in [0.25, 0.3) is 0 Å². The minimum absolute atomic E-state index is 0.0802. The summed E-state index contributed by atoms with van der Waals surface area (Å²) in [6, 6.07) is 8.32. The smallest absolute Gasteiger partial charge is 0.340 e. The summed E-state index contributed by atoms with van der Waals surface area (Å²) in [5.74, 6) is -3.51. The second-order valence-corrected chi connectivity index (χ2v) is 7.59. The van der Waals surface area contributed by atoms with Crippen LogP contribution >= 0.6 is 0 Å². The van der Waals surface area contributed by atoms with Crippen LogP contribution in [0.2, 0.25) is 0 Å². The number of esters is 1. The molecular weight excluding hydrogens is 394 g/mol.